The number of methoxy groups -OCH3 is 1. The number of nitrogens with zero attached hydrogens (tertiary/aromatic N) is 5. The highest BCUT2D eigenvalue weighted by Gasteiger charge is 2.30. The number of carbonyl (C=O) groups excluding carboxylic acids is 1. The van der Waals surface area contributed by atoms with Gasteiger partial charge in [0.2, 0.25) is 5.91 Å². The van der Waals surface area contributed by atoms with Crippen molar-refractivity contribution < 1.29 is 23.0 Å². The van der Waals surface area contributed by atoms with Gasteiger partial charge in [0.05, 0.1) is 36.6 Å². The molecule has 1 aromatic carbocycles. The van der Waals surface area contributed by atoms with Gasteiger partial charge in [-0.05, 0) is 69.6 Å². The van der Waals surface area contributed by atoms with Gasteiger partial charge in [-0.3, -0.25) is 9.48 Å². The fourth-order valence-electron chi connectivity index (χ4n) is 5.53. The molecule has 8 nitrogen and oxygen atoms in total. The van der Waals surface area contributed by atoms with Crippen LogP contribution in [0.5, 0.6) is 5.75 Å². The van der Waals surface area contributed by atoms with E-state index in [1.807, 2.05) is 43.2 Å². The number of allylic oxidation sites excluding steroid dienone is 1. The van der Waals surface area contributed by atoms with Gasteiger partial charge in [0.25, 0.3) is 0 Å². The van der Waals surface area contributed by atoms with Crippen molar-refractivity contribution in [3.05, 3.63) is 71.9 Å². The monoisotopic (exact) mass is 621 g/mol. The summed E-state index contributed by atoms with van der Waals surface area (Å²) in [6, 6.07) is 5.78. The Balaban J connectivity index is 1.73. The molecule has 0 bridgehead atoms. The third-order valence-electron chi connectivity index (χ3n) is 7.71. The van der Waals surface area contributed by atoms with Crippen molar-refractivity contribution in [2.24, 2.45) is 0 Å². The van der Waals surface area contributed by atoms with Crippen LogP contribution in [0.2, 0.25) is 0 Å². The molecule has 232 valence electrons. The van der Waals surface area contributed by atoms with Gasteiger partial charge in [0, 0.05) is 40.9 Å². The number of hydrogen-bond donors (Lipinski definition) is 0. The van der Waals surface area contributed by atoms with E-state index in [0.29, 0.717) is 35.7 Å². The molecule has 1 aliphatic heterocycles. The highest BCUT2D eigenvalue weighted by Crippen LogP contribution is 2.46. The second-order valence-corrected chi connectivity index (χ2v) is 12.1. The predicted octanol–water partition coefficient (Wildman–Crippen LogP) is 6.40. The van der Waals surface area contributed by atoms with E-state index in [0.717, 1.165) is 46.8 Å². The van der Waals surface area contributed by atoms with Crippen molar-refractivity contribution in [1.82, 2.24) is 24.6 Å². The van der Waals surface area contributed by atoms with Gasteiger partial charge >= 0.3 is 0 Å². The number of aromatic nitrogens is 3. The second-order valence-electron chi connectivity index (χ2n) is 11.2. The summed E-state index contributed by atoms with van der Waals surface area (Å²) in [6.07, 6.45) is 2.93. The molecule has 3 aromatic heterocycles. The Morgan fingerprint density at radius 1 is 1.23 bits per heavy atom. The zero-order valence-corrected chi connectivity index (χ0v) is 26.3. The zero-order chi connectivity index (χ0) is 31.5. The number of thiophene rings is 1. The van der Waals surface area contributed by atoms with Crippen LogP contribution in [0.4, 0.5) is 8.78 Å². The maximum atomic E-state index is 15.9. The van der Waals surface area contributed by atoms with E-state index < -0.39 is 11.6 Å². The van der Waals surface area contributed by atoms with E-state index in [2.05, 4.69) is 18.1 Å². The summed E-state index contributed by atoms with van der Waals surface area (Å²) in [5.41, 5.74) is 3.90. The smallest absolute Gasteiger partial charge is 0.246 e. The van der Waals surface area contributed by atoms with Crippen molar-refractivity contribution in [3.63, 3.8) is 0 Å². The molecule has 1 unspecified atom stereocenters. The standard InChI is InChI=1S/C33H37F2N5O3S/c1-7-28(41)39-19-23-17-26(37-40(23)18-21(39)3)32-30(29-25(35)15-22(34)16-27(29)43-13-12-42-6)33-24(10-14-44-33)31(36-32)20(2)9-8-11-38(4)5/h7,10,14-17,21H,1-2,8-9,11-13,18-19H2,3-6H3. The van der Waals surface area contributed by atoms with Gasteiger partial charge < -0.3 is 19.3 Å². The largest absolute Gasteiger partial charge is 0.490 e. The number of amides is 1. The Morgan fingerprint density at radius 2 is 2.02 bits per heavy atom. The Kier molecular flexibility index (Phi) is 9.57. The van der Waals surface area contributed by atoms with Gasteiger partial charge in [0.1, 0.15) is 35.4 Å². The highest BCUT2D eigenvalue weighted by atomic mass is 32.1. The van der Waals surface area contributed by atoms with Gasteiger partial charge in [-0.1, -0.05) is 13.2 Å². The molecule has 0 N–H and O–H groups in total. The number of halogens is 2. The number of hydrogen-bond acceptors (Lipinski definition) is 7. The van der Waals surface area contributed by atoms with Crippen molar-refractivity contribution in [3.8, 4) is 28.3 Å². The lowest BCUT2D eigenvalue weighted by Crippen LogP contribution is -2.44. The van der Waals surface area contributed by atoms with Crippen molar-refractivity contribution in [2.75, 3.05) is 41.0 Å². The molecule has 1 aliphatic rings. The first-order valence-corrected chi connectivity index (χ1v) is 15.4. The first kappa shape index (κ1) is 31.5. The van der Waals surface area contributed by atoms with Crippen LogP contribution < -0.4 is 4.74 Å². The van der Waals surface area contributed by atoms with Crippen LogP contribution in [0, 0.1) is 11.6 Å². The van der Waals surface area contributed by atoms with Gasteiger partial charge in [0.15, 0.2) is 0 Å². The summed E-state index contributed by atoms with van der Waals surface area (Å²) >= 11 is 1.44. The van der Waals surface area contributed by atoms with E-state index in [4.69, 9.17) is 19.6 Å². The van der Waals surface area contributed by atoms with Gasteiger partial charge in [-0.2, -0.15) is 5.10 Å². The number of ether oxygens (including phenoxy) is 2. The molecule has 0 spiro atoms. The number of benzene rings is 1. The molecule has 0 aliphatic carbocycles. The summed E-state index contributed by atoms with van der Waals surface area (Å²) in [7, 11) is 5.59. The zero-order valence-electron chi connectivity index (χ0n) is 25.5. The number of rotatable bonds is 12. The molecule has 0 saturated heterocycles. The van der Waals surface area contributed by atoms with Gasteiger partial charge in [-0.15, -0.1) is 11.3 Å². The molecule has 0 radical (unpaired) electrons. The topological polar surface area (TPSA) is 72.7 Å². The van der Waals surface area contributed by atoms with Crippen LogP contribution in [0.1, 0.15) is 31.2 Å². The summed E-state index contributed by atoms with van der Waals surface area (Å²) < 4.78 is 44.1. The molecule has 4 aromatic rings. The van der Waals surface area contributed by atoms with E-state index in [9.17, 15) is 9.18 Å². The lowest BCUT2D eigenvalue weighted by Gasteiger charge is -2.33. The maximum absolute atomic E-state index is 15.9. The van der Waals surface area contributed by atoms with Crippen LogP contribution in [-0.2, 0) is 22.6 Å². The summed E-state index contributed by atoms with van der Waals surface area (Å²) in [5, 5.41) is 7.67. The van der Waals surface area contributed by atoms with Crippen LogP contribution >= 0.6 is 11.3 Å². The number of pyridine rings is 1. The first-order valence-electron chi connectivity index (χ1n) is 14.5. The number of carbonyl (C=O) groups is 1. The average Bonchev–Trinajstić information content (AvgIpc) is 3.63. The summed E-state index contributed by atoms with van der Waals surface area (Å²) in [4.78, 5) is 21.5. The van der Waals surface area contributed by atoms with Crippen LogP contribution in [0.3, 0.4) is 0 Å². The lowest BCUT2D eigenvalue weighted by atomic mass is 9.95. The Hall–Kier alpha value is -3.93. The maximum Gasteiger partial charge on any atom is 0.246 e. The molecule has 4 heterocycles. The quantitative estimate of drug-likeness (QED) is 0.135. The average molecular weight is 622 g/mol. The van der Waals surface area contributed by atoms with E-state index in [1.54, 1.807) is 4.90 Å². The second kappa shape index (κ2) is 13.4. The first-order chi connectivity index (χ1) is 21.1. The van der Waals surface area contributed by atoms with Gasteiger partial charge in [-0.25, -0.2) is 13.8 Å². The normalized spacial score (nSPS) is 14.7. The molecular weight excluding hydrogens is 584 g/mol. The van der Waals surface area contributed by atoms with Crippen molar-refractivity contribution in [1.29, 1.82) is 0 Å². The van der Waals surface area contributed by atoms with E-state index in [-0.39, 0.29) is 36.5 Å². The van der Waals surface area contributed by atoms with Crippen molar-refractivity contribution >= 4 is 32.9 Å². The SMILES string of the molecule is C=CC(=O)N1Cc2cc(-c3nc(C(=C)CCCN(C)C)c4ccsc4c3-c3c(F)cc(F)cc3OCCOC)nn2CC1C. The van der Waals surface area contributed by atoms with E-state index >= 15 is 4.39 Å². The molecule has 1 atom stereocenters. The number of fused-ring (bicyclic) bond motifs is 2. The molecule has 1 amide bonds. The minimum atomic E-state index is -0.770. The molecular formula is C33H37F2N5O3S. The third-order valence-corrected chi connectivity index (χ3v) is 8.64. The molecule has 0 fully saturated rings. The summed E-state index contributed by atoms with van der Waals surface area (Å²) in [6.45, 7) is 12.0. The molecule has 44 heavy (non-hydrogen) atoms. The minimum Gasteiger partial charge on any atom is -0.490 e. The summed E-state index contributed by atoms with van der Waals surface area (Å²) in [5.74, 6) is -1.63. The Labute approximate surface area is 260 Å². The predicted molar refractivity (Wildman–Crippen MR) is 171 cm³/mol. The fourth-order valence-corrected chi connectivity index (χ4v) is 6.48. The minimum absolute atomic E-state index is 0.0511. The lowest BCUT2D eigenvalue weighted by molar-refractivity contribution is -0.129. The Bertz CT molecular complexity index is 1710. The fraction of sp³-hybridized carbons (Fsp3) is 0.364. The third kappa shape index (κ3) is 6.31. The Morgan fingerprint density at radius 3 is 2.75 bits per heavy atom. The molecule has 11 heteroatoms. The van der Waals surface area contributed by atoms with Crippen LogP contribution in [0.25, 0.3) is 38.2 Å². The molecule has 5 rings (SSSR count). The van der Waals surface area contributed by atoms with Crippen LogP contribution in [0.15, 0.2) is 48.9 Å². The van der Waals surface area contributed by atoms with E-state index in [1.165, 1.54) is 30.6 Å². The van der Waals surface area contributed by atoms with Crippen molar-refractivity contribution in [2.45, 2.75) is 38.9 Å². The van der Waals surface area contributed by atoms with Crippen LogP contribution in [-0.4, -0.2) is 77.5 Å². The molecule has 0 saturated carbocycles. The highest BCUT2D eigenvalue weighted by molar-refractivity contribution is 7.17.